The van der Waals surface area contributed by atoms with Gasteiger partial charge in [-0.2, -0.15) is 5.10 Å². The minimum absolute atomic E-state index is 0.00654. The third-order valence-electron chi connectivity index (χ3n) is 8.60. The maximum absolute atomic E-state index is 14.1. The molecule has 6 rings (SSSR count). The zero-order valence-electron chi connectivity index (χ0n) is 24.1. The normalized spacial score (nSPS) is 18.5. The maximum atomic E-state index is 14.1. The molecule has 220 valence electrons. The number of amides is 2. The lowest BCUT2D eigenvalue weighted by Gasteiger charge is -2.34. The highest BCUT2D eigenvalue weighted by atomic mass is 79.9. The Hall–Kier alpha value is -3.53. The second-order valence-corrected chi connectivity index (χ2v) is 13.8. The van der Waals surface area contributed by atoms with Gasteiger partial charge in [-0.15, -0.1) is 0 Å². The molecule has 2 aromatic heterocycles. The predicted octanol–water partition coefficient (Wildman–Crippen LogP) is 5.65. The zero-order valence-corrected chi connectivity index (χ0v) is 25.7. The Labute approximate surface area is 251 Å². The summed E-state index contributed by atoms with van der Waals surface area (Å²) in [6, 6.07) is 8.59. The number of nitrogens with zero attached hydrogens (tertiary/aromatic N) is 3. The first-order valence-corrected chi connectivity index (χ1v) is 15.3. The average Bonchev–Trinajstić information content (AvgIpc) is 3.40. The number of likely N-dealkylation sites (tertiary alicyclic amines) is 1. The molecule has 0 radical (unpaired) electrons. The van der Waals surface area contributed by atoms with Gasteiger partial charge < -0.3 is 14.8 Å². The lowest BCUT2D eigenvalue weighted by atomic mass is 9.88. The molecule has 2 amide bonds. The molecule has 1 unspecified atom stereocenters. The Morgan fingerprint density at radius 3 is 2.64 bits per heavy atom. The fourth-order valence-corrected chi connectivity index (χ4v) is 7.17. The van der Waals surface area contributed by atoms with Crippen molar-refractivity contribution in [2.75, 3.05) is 19.6 Å². The Bertz CT molecular complexity index is 1750. The number of nitrogens with one attached hydrogen (secondary N) is 2. The Kier molecular flexibility index (Phi) is 7.45. The van der Waals surface area contributed by atoms with E-state index in [-0.39, 0.29) is 40.6 Å². The van der Waals surface area contributed by atoms with Gasteiger partial charge in [0.2, 0.25) is 11.8 Å². The van der Waals surface area contributed by atoms with E-state index in [4.69, 9.17) is 0 Å². The van der Waals surface area contributed by atoms with Crippen molar-refractivity contribution < 1.29 is 14.0 Å². The molecule has 0 aliphatic carbocycles. The second kappa shape index (κ2) is 10.9. The van der Waals surface area contributed by atoms with Crippen LogP contribution in [0, 0.1) is 17.2 Å². The van der Waals surface area contributed by atoms with E-state index in [1.807, 2.05) is 16.0 Å². The highest BCUT2D eigenvalue weighted by Gasteiger charge is 2.36. The minimum Gasteiger partial charge on any atom is -0.343 e. The highest BCUT2D eigenvalue weighted by molar-refractivity contribution is 9.10. The molecule has 1 fully saturated rings. The molecule has 42 heavy (non-hydrogen) atoms. The van der Waals surface area contributed by atoms with E-state index in [0.717, 1.165) is 26.5 Å². The molecule has 4 heterocycles. The topological polar surface area (TPSA) is 102 Å². The summed E-state index contributed by atoms with van der Waals surface area (Å²) in [5.41, 5.74) is 3.51. The van der Waals surface area contributed by atoms with Gasteiger partial charge in [-0.05, 0) is 75.9 Å². The van der Waals surface area contributed by atoms with Gasteiger partial charge in [0, 0.05) is 53.4 Å². The van der Waals surface area contributed by atoms with Crippen molar-refractivity contribution in [3.63, 3.8) is 0 Å². The molecule has 2 aliphatic rings. The smallest absolute Gasteiger partial charge is 0.251 e. The quantitative estimate of drug-likeness (QED) is 0.303. The maximum Gasteiger partial charge on any atom is 0.251 e. The van der Waals surface area contributed by atoms with Gasteiger partial charge in [0.1, 0.15) is 5.82 Å². The first-order chi connectivity index (χ1) is 20.0. The molecule has 1 saturated heterocycles. The van der Waals surface area contributed by atoms with Crippen LogP contribution in [0.25, 0.3) is 21.8 Å². The zero-order chi connectivity index (χ0) is 29.8. The molecule has 0 spiro atoms. The number of pyridine rings is 1. The number of benzene rings is 2. The number of fused-ring (bicyclic) bond motifs is 4. The van der Waals surface area contributed by atoms with Crippen molar-refractivity contribution >= 4 is 49.6 Å². The number of halogens is 2. The minimum atomic E-state index is -0.465. The summed E-state index contributed by atoms with van der Waals surface area (Å²) in [6.07, 6.45) is 3.71. The first kappa shape index (κ1) is 28.6. The van der Waals surface area contributed by atoms with E-state index in [1.165, 1.54) is 6.07 Å². The van der Waals surface area contributed by atoms with Gasteiger partial charge in [0.15, 0.2) is 0 Å². The molecule has 4 aromatic rings. The number of para-hydroxylation sites is 1. The molecule has 2 aromatic carbocycles. The summed E-state index contributed by atoms with van der Waals surface area (Å²) in [5, 5.41) is 8.95. The van der Waals surface area contributed by atoms with E-state index in [1.54, 1.807) is 18.2 Å². The van der Waals surface area contributed by atoms with Crippen LogP contribution < -0.4 is 5.56 Å². The number of hydrogen-bond donors (Lipinski definition) is 2. The SMILES string of the molecule is CC(C)(C)CN1Cc2c(cc(Br)c3[nH]ncc23)CC(CC(=O)N2CCC(c3cc4cccc(F)c4[nH]c3=O)CC2)C1=O. The van der Waals surface area contributed by atoms with Gasteiger partial charge >= 0.3 is 0 Å². The van der Waals surface area contributed by atoms with Gasteiger partial charge in [-0.3, -0.25) is 19.5 Å². The first-order valence-electron chi connectivity index (χ1n) is 14.5. The Morgan fingerprint density at radius 1 is 1.14 bits per heavy atom. The second-order valence-electron chi connectivity index (χ2n) is 12.9. The summed E-state index contributed by atoms with van der Waals surface area (Å²) in [7, 11) is 0. The van der Waals surface area contributed by atoms with Gasteiger partial charge in [-0.25, -0.2) is 4.39 Å². The molecular weight excluding hydrogens is 601 g/mol. The molecule has 2 N–H and O–H groups in total. The van der Waals surface area contributed by atoms with Gasteiger partial charge in [0.05, 0.1) is 23.1 Å². The van der Waals surface area contributed by atoms with Crippen LogP contribution >= 0.6 is 15.9 Å². The van der Waals surface area contributed by atoms with Crippen molar-refractivity contribution in [1.29, 1.82) is 0 Å². The summed E-state index contributed by atoms with van der Waals surface area (Å²) in [5.74, 6) is -0.965. The lowest BCUT2D eigenvalue weighted by Crippen LogP contribution is -2.43. The van der Waals surface area contributed by atoms with Crippen LogP contribution in [-0.2, 0) is 22.6 Å². The van der Waals surface area contributed by atoms with Crippen LogP contribution in [0.4, 0.5) is 4.39 Å². The van der Waals surface area contributed by atoms with Crippen molar-refractivity contribution in [3.8, 4) is 0 Å². The van der Waals surface area contributed by atoms with E-state index in [0.29, 0.717) is 56.4 Å². The van der Waals surface area contributed by atoms with Crippen molar-refractivity contribution in [2.24, 2.45) is 11.3 Å². The van der Waals surface area contributed by atoms with E-state index in [2.05, 4.69) is 57.9 Å². The summed E-state index contributed by atoms with van der Waals surface area (Å²) in [6.45, 7) is 8.42. The molecule has 0 bridgehead atoms. The number of piperidine rings is 1. The standard InChI is InChI=1S/C32H35BrFN5O3/c1-32(2,3)17-39-16-24-20(13-25(33)29-23(24)15-35-37-29)11-21(31(39)42)14-27(40)38-9-7-18(8-10-38)22-12-19-5-4-6-26(34)28(19)36-30(22)41/h4-6,12-13,15,18,21H,7-11,14,16-17H2,1-3H3,(H,35,37)(H,36,41). The van der Waals surface area contributed by atoms with E-state index in [9.17, 15) is 18.8 Å². The Morgan fingerprint density at radius 2 is 1.90 bits per heavy atom. The average molecular weight is 637 g/mol. The van der Waals surface area contributed by atoms with Gasteiger partial charge in [0.25, 0.3) is 5.56 Å². The number of H-pyrrole nitrogens is 2. The number of hydrogen-bond acceptors (Lipinski definition) is 4. The van der Waals surface area contributed by atoms with Crippen LogP contribution in [0.15, 0.2) is 45.8 Å². The number of aromatic amines is 2. The number of carbonyl (C=O) groups excluding carboxylic acids is 2. The fourth-order valence-electron chi connectivity index (χ4n) is 6.59. The van der Waals surface area contributed by atoms with Crippen LogP contribution in [0.2, 0.25) is 0 Å². The third kappa shape index (κ3) is 5.48. The predicted molar refractivity (Wildman–Crippen MR) is 164 cm³/mol. The van der Waals surface area contributed by atoms with Gasteiger partial charge in [-0.1, -0.05) is 32.9 Å². The van der Waals surface area contributed by atoms with Crippen LogP contribution in [0.1, 0.15) is 62.6 Å². The molecule has 0 saturated carbocycles. The van der Waals surface area contributed by atoms with Crippen LogP contribution in [-0.4, -0.2) is 56.4 Å². The van der Waals surface area contributed by atoms with Crippen molar-refractivity contribution in [3.05, 3.63) is 73.9 Å². The number of aromatic nitrogens is 3. The van der Waals surface area contributed by atoms with E-state index < -0.39 is 11.7 Å². The Balaban J connectivity index is 1.20. The third-order valence-corrected chi connectivity index (χ3v) is 9.22. The van der Waals surface area contributed by atoms with E-state index >= 15 is 0 Å². The number of carbonyl (C=O) groups is 2. The monoisotopic (exact) mass is 635 g/mol. The molecule has 1 atom stereocenters. The summed E-state index contributed by atoms with van der Waals surface area (Å²) in [4.78, 5) is 46.8. The van der Waals surface area contributed by atoms with Crippen LogP contribution in [0.3, 0.4) is 0 Å². The summed E-state index contributed by atoms with van der Waals surface area (Å²) >= 11 is 3.65. The van der Waals surface area contributed by atoms with Crippen molar-refractivity contribution in [2.45, 2.75) is 58.9 Å². The number of rotatable bonds is 4. The molecule has 2 aliphatic heterocycles. The van der Waals surface area contributed by atoms with Crippen molar-refractivity contribution in [1.82, 2.24) is 25.0 Å². The highest BCUT2D eigenvalue weighted by Crippen LogP contribution is 2.36. The largest absolute Gasteiger partial charge is 0.343 e. The fraction of sp³-hybridized carbons (Fsp3) is 0.438. The molecule has 8 nitrogen and oxygen atoms in total. The van der Waals surface area contributed by atoms with Crippen LogP contribution in [0.5, 0.6) is 0 Å². The molecular formula is C32H35BrFN5O3. The molecule has 10 heteroatoms. The summed E-state index contributed by atoms with van der Waals surface area (Å²) < 4.78 is 15.0. The lowest BCUT2D eigenvalue weighted by molar-refractivity contribution is -0.142.